The van der Waals surface area contributed by atoms with E-state index in [-0.39, 0.29) is 6.61 Å². The molecule has 6 heteroatoms. The Morgan fingerprint density at radius 2 is 2.33 bits per heavy atom. The van der Waals surface area contributed by atoms with Gasteiger partial charge < -0.3 is 14.7 Å². The second-order valence-electron chi connectivity index (χ2n) is 3.04. The minimum atomic E-state index is -0.0216. The van der Waals surface area contributed by atoms with Crippen molar-refractivity contribution in [3.63, 3.8) is 0 Å². The lowest BCUT2D eigenvalue weighted by atomic mass is 10.4. The van der Waals surface area contributed by atoms with Gasteiger partial charge in [0, 0.05) is 11.1 Å². The summed E-state index contributed by atoms with van der Waals surface area (Å²) in [6.07, 6.45) is 1.72. The van der Waals surface area contributed by atoms with Crippen LogP contribution in [-0.2, 0) is 13.2 Å². The van der Waals surface area contributed by atoms with Gasteiger partial charge in [0.25, 0.3) is 0 Å². The molecule has 0 amide bonds. The minimum Gasteiger partial charge on any atom is -0.390 e. The quantitative estimate of drug-likeness (QED) is 0.834. The van der Waals surface area contributed by atoms with Gasteiger partial charge in [0.05, 0.1) is 23.2 Å². The Labute approximate surface area is 101 Å². The van der Waals surface area contributed by atoms with Crippen molar-refractivity contribution >= 4 is 35.2 Å². The minimum absolute atomic E-state index is 0.0216. The van der Waals surface area contributed by atoms with Gasteiger partial charge in [-0.2, -0.15) is 0 Å². The van der Waals surface area contributed by atoms with E-state index >= 15 is 0 Å². The molecule has 0 radical (unpaired) electrons. The van der Waals surface area contributed by atoms with Crippen LogP contribution >= 0.6 is 35.2 Å². The molecule has 15 heavy (non-hydrogen) atoms. The van der Waals surface area contributed by atoms with Crippen molar-refractivity contribution in [1.82, 2.24) is 9.55 Å². The number of nitrogens with one attached hydrogen (secondary N) is 1. The highest BCUT2D eigenvalue weighted by Gasteiger charge is 2.05. The number of rotatable bonds is 3. The van der Waals surface area contributed by atoms with Gasteiger partial charge in [0.2, 0.25) is 0 Å². The first kappa shape index (κ1) is 10.9. The summed E-state index contributed by atoms with van der Waals surface area (Å²) < 4.78 is 3.23. The topological polar surface area (TPSA) is 40.9 Å². The fraction of sp³-hybridized carbons (Fsp3) is 0.222. The van der Waals surface area contributed by atoms with Crippen LogP contribution in [-0.4, -0.2) is 14.7 Å². The second kappa shape index (κ2) is 4.49. The van der Waals surface area contributed by atoms with E-state index in [0.29, 0.717) is 11.3 Å². The molecular weight excluding hydrogens is 252 g/mol. The molecule has 0 spiro atoms. The molecule has 0 aliphatic carbocycles. The van der Waals surface area contributed by atoms with E-state index in [2.05, 4.69) is 4.98 Å². The summed E-state index contributed by atoms with van der Waals surface area (Å²) in [6, 6.07) is 3.82. The van der Waals surface area contributed by atoms with Gasteiger partial charge in [-0.3, -0.25) is 0 Å². The standard InChI is InChI=1S/C9H9ClN2OS2/c10-8-2-1-7(15-8)4-12-6(5-13)3-11-9(12)14/h1-3,13H,4-5H2,(H,11,14). The fourth-order valence-electron chi connectivity index (χ4n) is 1.33. The zero-order valence-electron chi connectivity index (χ0n) is 7.74. The van der Waals surface area contributed by atoms with Crippen LogP contribution in [0.1, 0.15) is 10.6 Å². The number of aromatic nitrogens is 2. The van der Waals surface area contributed by atoms with Gasteiger partial charge in [-0.15, -0.1) is 11.3 Å². The van der Waals surface area contributed by atoms with E-state index in [1.54, 1.807) is 6.20 Å². The molecular formula is C9H9ClN2OS2. The molecule has 2 rings (SSSR count). The summed E-state index contributed by atoms with van der Waals surface area (Å²) in [5.74, 6) is 0. The number of imidazole rings is 1. The third-order valence-electron chi connectivity index (χ3n) is 2.06. The average molecular weight is 261 g/mol. The number of thiophene rings is 1. The maximum Gasteiger partial charge on any atom is 0.177 e. The summed E-state index contributed by atoms with van der Waals surface area (Å²) >= 11 is 12.5. The number of hydrogen-bond donors (Lipinski definition) is 2. The van der Waals surface area contributed by atoms with Crippen molar-refractivity contribution in [1.29, 1.82) is 0 Å². The zero-order chi connectivity index (χ0) is 10.8. The molecule has 0 atom stereocenters. The largest absolute Gasteiger partial charge is 0.390 e. The lowest BCUT2D eigenvalue weighted by Crippen LogP contribution is -2.02. The van der Waals surface area contributed by atoms with Gasteiger partial charge in [-0.05, 0) is 24.4 Å². The van der Waals surface area contributed by atoms with Crippen molar-refractivity contribution < 1.29 is 5.11 Å². The van der Waals surface area contributed by atoms with E-state index in [9.17, 15) is 0 Å². The van der Waals surface area contributed by atoms with Gasteiger partial charge >= 0.3 is 0 Å². The van der Waals surface area contributed by atoms with Gasteiger partial charge in [0.15, 0.2) is 4.77 Å². The first-order valence-corrected chi connectivity index (χ1v) is 5.93. The highest BCUT2D eigenvalue weighted by Crippen LogP contribution is 2.22. The van der Waals surface area contributed by atoms with Crippen LogP contribution in [0.4, 0.5) is 0 Å². The van der Waals surface area contributed by atoms with Crippen molar-refractivity contribution in [3.8, 4) is 0 Å². The Morgan fingerprint density at radius 3 is 2.93 bits per heavy atom. The first-order chi connectivity index (χ1) is 7.20. The molecule has 2 aromatic heterocycles. The SMILES string of the molecule is OCc1c[nH]c(=S)n1Cc1ccc(Cl)s1. The molecule has 2 heterocycles. The normalized spacial score (nSPS) is 10.8. The van der Waals surface area contributed by atoms with Crippen LogP contribution < -0.4 is 0 Å². The zero-order valence-corrected chi connectivity index (χ0v) is 10.1. The highest BCUT2D eigenvalue weighted by molar-refractivity contribution is 7.71. The predicted octanol–water partition coefficient (Wildman–Crippen LogP) is 2.80. The summed E-state index contributed by atoms with van der Waals surface area (Å²) in [5, 5.41) is 9.11. The number of aliphatic hydroxyl groups excluding tert-OH is 1. The van der Waals surface area contributed by atoms with Gasteiger partial charge in [-0.1, -0.05) is 11.6 Å². The number of H-pyrrole nitrogens is 1. The average Bonchev–Trinajstić information content (AvgIpc) is 2.76. The van der Waals surface area contributed by atoms with Crippen LogP contribution in [0, 0.1) is 4.77 Å². The lowest BCUT2D eigenvalue weighted by Gasteiger charge is -2.03. The van der Waals surface area contributed by atoms with E-state index in [1.807, 2.05) is 16.7 Å². The van der Waals surface area contributed by atoms with E-state index < -0.39 is 0 Å². The van der Waals surface area contributed by atoms with E-state index in [0.717, 1.165) is 14.9 Å². The number of halogens is 1. The molecule has 0 saturated heterocycles. The molecule has 0 bridgehead atoms. The lowest BCUT2D eigenvalue weighted by molar-refractivity contribution is 0.271. The Morgan fingerprint density at radius 1 is 1.53 bits per heavy atom. The number of aliphatic hydroxyl groups is 1. The van der Waals surface area contributed by atoms with Crippen LogP contribution in [0.15, 0.2) is 18.3 Å². The molecule has 0 saturated carbocycles. The summed E-state index contributed by atoms with van der Waals surface area (Å²) in [6.45, 7) is 0.627. The van der Waals surface area contributed by atoms with Crippen molar-refractivity contribution in [2.24, 2.45) is 0 Å². The monoisotopic (exact) mass is 260 g/mol. The Kier molecular flexibility index (Phi) is 3.25. The predicted molar refractivity (Wildman–Crippen MR) is 64.0 cm³/mol. The molecule has 2 N–H and O–H groups in total. The van der Waals surface area contributed by atoms with E-state index in [1.165, 1.54) is 11.3 Å². The van der Waals surface area contributed by atoms with E-state index in [4.69, 9.17) is 28.9 Å². The number of aromatic amines is 1. The summed E-state index contributed by atoms with van der Waals surface area (Å²) in [7, 11) is 0. The molecule has 80 valence electrons. The fourth-order valence-corrected chi connectivity index (χ4v) is 2.65. The van der Waals surface area contributed by atoms with Crippen molar-refractivity contribution in [2.45, 2.75) is 13.2 Å². The maximum atomic E-state index is 9.11. The molecule has 0 unspecified atom stereocenters. The molecule has 0 fully saturated rings. The number of nitrogens with zero attached hydrogens (tertiary/aromatic N) is 1. The third-order valence-corrected chi connectivity index (χ3v) is 3.61. The summed E-state index contributed by atoms with van der Waals surface area (Å²) in [5.41, 5.74) is 0.782. The smallest absolute Gasteiger partial charge is 0.177 e. The van der Waals surface area contributed by atoms with Gasteiger partial charge in [-0.25, -0.2) is 0 Å². The Bertz CT molecular complexity index is 514. The molecule has 0 aliphatic heterocycles. The van der Waals surface area contributed by atoms with Crippen LogP contribution in [0.2, 0.25) is 4.34 Å². The Balaban J connectivity index is 2.31. The number of hydrogen-bond acceptors (Lipinski definition) is 3. The molecule has 0 aromatic carbocycles. The maximum absolute atomic E-state index is 9.11. The molecule has 2 aromatic rings. The third kappa shape index (κ3) is 2.31. The molecule has 3 nitrogen and oxygen atoms in total. The van der Waals surface area contributed by atoms with Crippen LogP contribution in [0.3, 0.4) is 0 Å². The van der Waals surface area contributed by atoms with Gasteiger partial charge in [0.1, 0.15) is 0 Å². The van der Waals surface area contributed by atoms with Crippen molar-refractivity contribution in [3.05, 3.63) is 38.0 Å². The van der Waals surface area contributed by atoms with Crippen LogP contribution in [0.5, 0.6) is 0 Å². The second-order valence-corrected chi connectivity index (χ2v) is 5.22. The first-order valence-electron chi connectivity index (χ1n) is 4.33. The summed E-state index contributed by atoms with van der Waals surface area (Å²) in [4.78, 5) is 4.02. The Hall–Kier alpha value is -0.620. The molecule has 0 aliphatic rings. The van der Waals surface area contributed by atoms with Crippen molar-refractivity contribution in [2.75, 3.05) is 0 Å². The highest BCUT2D eigenvalue weighted by atomic mass is 35.5. The van der Waals surface area contributed by atoms with Crippen LogP contribution in [0.25, 0.3) is 0 Å².